The molecule has 3 heteroatoms. The fourth-order valence-electron chi connectivity index (χ4n) is 1.68. The van der Waals surface area contributed by atoms with Gasteiger partial charge in [-0.25, -0.2) is 0 Å². The lowest BCUT2D eigenvalue weighted by molar-refractivity contribution is -0.179. The van der Waals surface area contributed by atoms with Crippen molar-refractivity contribution in [1.29, 1.82) is 0 Å². The normalized spacial score (nSPS) is 14.5. The summed E-state index contributed by atoms with van der Waals surface area (Å²) in [5.41, 5.74) is 0. The minimum atomic E-state index is -0.834. The van der Waals surface area contributed by atoms with Crippen LogP contribution in [0.2, 0.25) is 0 Å². The second-order valence-electron chi connectivity index (χ2n) is 3.86. The van der Waals surface area contributed by atoms with Crippen molar-refractivity contribution in [2.75, 3.05) is 0 Å². The number of aliphatic hydroxyl groups excluding tert-OH is 1. The molecule has 2 unspecified atom stereocenters. The van der Waals surface area contributed by atoms with Gasteiger partial charge < -0.3 is 14.6 Å². The van der Waals surface area contributed by atoms with Crippen LogP contribution in [0.4, 0.5) is 0 Å². The average Bonchev–Trinajstić information content (AvgIpc) is 2.27. The fourth-order valence-corrected chi connectivity index (χ4v) is 1.68. The molecule has 1 radical (unpaired) electrons. The summed E-state index contributed by atoms with van der Waals surface area (Å²) in [7, 11) is 0. The molecule has 0 aliphatic rings. The molecule has 2 aromatic carbocycles. The van der Waals surface area contributed by atoms with Crippen LogP contribution in [0.1, 0.15) is 13.8 Å². The highest BCUT2D eigenvalue weighted by molar-refractivity contribution is 5.83. The van der Waals surface area contributed by atoms with E-state index in [0.717, 1.165) is 10.8 Å². The number of hydrogen-bond donors (Lipinski definition) is 1. The summed E-state index contributed by atoms with van der Waals surface area (Å²) >= 11 is 0. The van der Waals surface area contributed by atoms with Crippen molar-refractivity contribution in [2.24, 2.45) is 0 Å². The quantitative estimate of drug-likeness (QED) is 0.822. The molecular formula is C14H15O3. The van der Waals surface area contributed by atoms with Crippen molar-refractivity contribution in [3.8, 4) is 5.75 Å². The Bertz CT molecular complexity index is 494. The van der Waals surface area contributed by atoms with E-state index in [1.54, 1.807) is 13.8 Å². The van der Waals surface area contributed by atoms with E-state index in [1.165, 1.54) is 0 Å². The minimum absolute atomic E-state index is 0.486. The molecule has 2 rings (SSSR count). The van der Waals surface area contributed by atoms with E-state index >= 15 is 0 Å². The third-order valence-electron chi connectivity index (χ3n) is 2.35. The van der Waals surface area contributed by atoms with Crippen molar-refractivity contribution in [2.45, 2.75) is 26.4 Å². The van der Waals surface area contributed by atoms with Crippen LogP contribution in [0.5, 0.6) is 5.75 Å². The molecule has 0 aromatic heterocycles. The highest BCUT2D eigenvalue weighted by Gasteiger charge is 2.07. The Hall–Kier alpha value is -1.58. The standard InChI is InChI=1S/C14H15O3/c1-10(15)16-11(2)17-14-8-7-12-5-3-4-6-13(12)9-14/h3,5-11,15H,1-2H3. The molecule has 3 nitrogen and oxygen atoms in total. The summed E-state index contributed by atoms with van der Waals surface area (Å²) in [6.45, 7) is 3.29. The Morgan fingerprint density at radius 3 is 2.76 bits per heavy atom. The lowest BCUT2D eigenvalue weighted by Crippen LogP contribution is -2.21. The van der Waals surface area contributed by atoms with Gasteiger partial charge in [0.1, 0.15) is 5.75 Å². The van der Waals surface area contributed by atoms with Gasteiger partial charge in [-0.2, -0.15) is 0 Å². The molecule has 0 saturated carbocycles. The van der Waals surface area contributed by atoms with Crippen molar-refractivity contribution in [3.05, 3.63) is 42.5 Å². The lowest BCUT2D eigenvalue weighted by atomic mass is 10.1. The SMILES string of the molecule is CC(O)OC(C)Oc1ccc2cc[c]cc2c1. The van der Waals surface area contributed by atoms with Gasteiger partial charge in [-0.05, 0) is 48.9 Å². The zero-order valence-electron chi connectivity index (χ0n) is 9.88. The van der Waals surface area contributed by atoms with E-state index in [0.29, 0.717) is 5.75 Å². The predicted molar refractivity (Wildman–Crippen MR) is 65.6 cm³/mol. The predicted octanol–water partition coefficient (Wildman–Crippen LogP) is 2.72. The van der Waals surface area contributed by atoms with Crippen molar-refractivity contribution in [1.82, 2.24) is 0 Å². The molecule has 2 atom stereocenters. The topological polar surface area (TPSA) is 38.7 Å². The Labute approximate surface area is 101 Å². The third kappa shape index (κ3) is 3.19. The molecule has 89 valence electrons. The van der Waals surface area contributed by atoms with Crippen LogP contribution >= 0.6 is 0 Å². The number of ether oxygens (including phenoxy) is 2. The highest BCUT2D eigenvalue weighted by Crippen LogP contribution is 2.21. The second-order valence-corrected chi connectivity index (χ2v) is 3.86. The summed E-state index contributed by atoms with van der Waals surface area (Å²) in [5.74, 6) is 0.713. The minimum Gasteiger partial charge on any atom is -0.465 e. The summed E-state index contributed by atoms with van der Waals surface area (Å²) in [6, 6.07) is 14.6. The van der Waals surface area contributed by atoms with Gasteiger partial charge in [-0.1, -0.05) is 18.2 Å². The number of rotatable bonds is 4. The Kier molecular flexibility index (Phi) is 3.61. The summed E-state index contributed by atoms with van der Waals surface area (Å²) in [5, 5.41) is 11.3. The molecule has 2 aromatic rings. The molecule has 1 N–H and O–H groups in total. The van der Waals surface area contributed by atoms with Crippen LogP contribution in [0, 0.1) is 6.07 Å². The maximum atomic E-state index is 9.07. The number of benzene rings is 2. The molecule has 0 aliphatic heterocycles. The second kappa shape index (κ2) is 5.17. The van der Waals surface area contributed by atoms with E-state index in [-0.39, 0.29) is 0 Å². The van der Waals surface area contributed by atoms with Gasteiger partial charge in [0.25, 0.3) is 0 Å². The summed E-state index contributed by atoms with van der Waals surface area (Å²) < 4.78 is 10.6. The molecule has 0 saturated heterocycles. The maximum absolute atomic E-state index is 9.07. The van der Waals surface area contributed by atoms with Crippen LogP contribution in [0.15, 0.2) is 36.4 Å². The van der Waals surface area contributed by atoms with Gasteiger partial charge in [0, 0.05) is 0 Å². The summed E-state index contributed by atoms with van der Waals surface area (Å²) in [4.78, 5) is 0. The monoisotopic (exact) mass is 231 g/mol. The largest absolute Gasteiger partial charge is 0.465 e. The van der Waals surface area contributed by atoms with Gasteiger partial charge in [0.2, 0.25) is 0 Å². The zero-order valence-corrected chi connectivity index (χ0v) is 9.88. The molecule has 0 amide bonds. The van der Waals surface area contributed by atoms with Crippen LogP contribution in [-0.4, -0.2) is 17.7 Å². The summed E-state index contributed by atoms with van der Waals surface area (Å²) in [6.07, 6.45) is -1.32. The maximum Gasteiger partial charge on any atom is 0.199 e. The van der Waals surface area contributed by atoms with Gasteiger partial charge >= 0.3 is 0 Å². The lowest BCUT2D eigenvalue weighted by Gasteiger charge is -2.17. The van der Waals surface area contributed by atoms with Crippen LogP contribution in [-0.2, 0) is 4.74 Å². The van der Waals surface area contributed by atoms with Gasteiger partial charge in [0.15, 0.2) is 12.6 Å². The number of aliphatic hydroxyl groups is 1. The van der Waals surface area contributed by atoms with Crippen molar-refractivity contribution in [3.63, 3.8) is 0 Å². The first kappa shape index (κ1) is 11.9. The molecule has 0 aliphatic carbocycles. The molecule has 0 bridgehead atoms. The third-order valence-corrected chi connectivity index (χ3v) is 2.35. The fraction of sp³-hybridized carbons (Fsp3) is 0.286. The molecule has 0 heterocycles. The zero-order chi connectivity index (χ0) is 12.3. The van der Waals surface area contributed by atoms with E-state index in [1.807, 2.05) is 36.4 Å². The van der Waals surface area contributed by atoms with E-state index < -0.39 is 12.6 Å². The first-order valence-electron chi connectivity index (χ1n) is 5.55. The first-order chi connectivity index (χ1) is 8.15. The Balaban J connectivity index is 2.14. The first-order valence-corrected chi connectivity index (χ1v) is 5.55. The van der Waals surface area contributed by atoms with E-state index in [2.05, 4.69) is 6.07 Å². The van der Waals surface area contributed by atoms with Crippen LogP contribution in [0.25, 0.3) is 10.8 Å². The average molecular weight is 231 g/mol. The number of fused-ring (bicyclic) bond motifs is 1. The Morgan fingerprint density at radius 1 is 1.18 bits per heavy atom. The van der Waals surface area contributed by atoms with Crippen LogP contribution in [0.3, 0.4) is 0 Å². The van der Waals surface area contributed by atoms with Crippen molar-refractivity contribution >= 4 is 10.8 Å². The van der Waals surface area contributed by atoms with Gasteiger partial charge in [-0.15, -0.1) is 0 Å². The van der Waals surface area contributed by atoms with Crippen LogP contribution < -0.4 is 4.74 Å². The van der Waals surface area contributed by atoms with Gasteiger partial charge in [-0.3, -0.25) is 0 Å². The van der Waals surface area contributed by atoms with Gasteiger partial charge in [0.05, 0.1) is 0 Å². The molecular weight excluding hydrogens is 216 g/mol. The molecule has 0 fully saturated rings. The molecule has 17 heavy (non-hydrogen) atoms. The van der Waals surface area contributed by atoms with E-state index in [9.17, 15) is 0 Å². The Morgan fingerprint density at radius 2 is 2.00 bits per heavy atom. The highest BCUT2D eigenvalue weighted by atomic mass is 16.7. The van der Waals surface area contributed by atoms with E-state index in [4.69, 9.17) is 14.6 Å². The smallest absolute Gasteiger partial charge is 0.199 e. The van der Waals surface area contributed by atoms with Crippen molar-refractivity contribution < 1.29 is 14.6 Å². The number of hydrogen-bond acceptors (Lipinski definition) is 3. The molecule has 0 spiro atoms.